The molecule has 0 unspecified atom stereocenters. The van der Waals surface area contributed by atoms with Gasteiger partial charge in [0.25, 0.3) is 0 Å². The summed E-state index contributed by atoms with van der Waals surface area (Å²) in [5.41, 5.74) is 2.03. The molecule has 0 aromatic carbocycles. The molecule has 0 bridgehead atoms. The molecule has 1 amide bonds. The molecule has 0 saturated carbocycles. The number of carbonyl (C=O) groups is 1. The molecule has 3 rings (SSSR count). The minimum absolute atomic E-state index is 0.0146. The fraction of sp³-hybridized carbons (Fsp3) is 0.412. The lowest BCUT2D eigenvalue weighted by atomic mass is 10.1. The zero-order valence-electron chi connectivity index (χ0n) is 13.6. The molecule has 0 saturated heterocycles. The van der Waals surface area contributed by atoms with Crippen LogP contribution in [0.25, 0.3) is 0 Å². The number of anilines is 1. The average molecular weight is 346 g/mol. The molecule has 3 heterocycles. The maximum Gasteiger partial charge on any atom is 0.228 e. The smallest absolute Gasteiger partial charge is 0.228 e. The Hall–Kier alpha value is -1.71. The zero-order valence-corrected chi connectivity index (χ0v) is 15.2. The molecule has 0 N–H and O–H groups in total. The molecule has 0 fully saturated rings. The highest BCUT2D eigenvalue weighted by molar-refractivity contribution is 7.99. The van der Waals surface area contributed by atoms with Gasteiger partial charge in [-0.15, -0.1) is 23.1 Å². The van der Waals surface area contributed by atoms with Crippen molar-refractivity contribution in [2.45, 2.75) is 38.0 Å². The van der Waals surface area contributed by atoms with E-state index < -0.39 is 0 Å². The monoisotopic (exact) mass is 346 g/mol. The van der Waals surface area contributed by atoms with Crippen LogP contribution in [0.4, 0.5) is 5.00 Å². The zero-order chi connectivity index (χ0) is 16.6. The number of rotatable bonds is 1. The Labute approximate surface area is 144 Å². The third kappa shape index (κ3) is 3.17. The predicted molar refractivity (Wildman–Crippen MR) is 94.3 cm³/mol. The quantitative estimate of drug-likeness (QED) is 0.733. The number of aromatic nitrogens is 1. The van der Waals surface area contributed by atoms with Crippen LogP contribution in [-0.4, -0.2) is 23.9 Å². The molecule has 0 radical (unpaired) electrons. The van der Waals surface area contributed by atoms with Crippen molar-refractivity contribution in [2.75, 3.05) is 17.7 Å². The van der Waals surface area contributed by atoms with E-state index in [1.807, 2.05) is 27.0 Å². The Kier molecular flexibility index (Phi) is 4.51. The summed E-state index contributed by atoms with van der Waals surface area (Å²) in [5, 5.41) is 5.04. The largest absolute Gasteiger partial charge is 0.361 e. The summed E-state index contributed by atoms with van der Waals surface area (Å²) >= 11 is 3.35. The number of amides is 1. The lowest BCUT2D eigenvalue weighted by molar-refractivity contribution is -0.117. The van der Waals surface area contributed by atoms with Crippen molar-refractivity contribution < 1.29 is 9.32 Å². The van der Waals surface area contributed by atoms with Crippen LogP contribution in [0.15, 0.2) is 15.5 Å². The summed E-state index contributed by atoms with van der Waals surface area (Å²) in [5.74, 6) is 8.32. The normalized spacial score (nSPS) is 15.7. The average Bonchev–Trinajstić information content (AvgIpc) is 3.05. The van der Waals surface area contributed by atoms with Crippen molar-refractivity contribution in [3.05, 3.63) is 28.0 Å². The molecule has 1 atom stereocenters. The minimum atomic E-state index is 0.0146. The molecule has 120 valence electrons. The van der Waals surface area contributed by atoms with E-state index in [1.165, 1.54) is 10.5 Å². The second-order valence-electron chi connectivity index (χ2n) is 5.60. The standard InChI is InChI=1S/C17H18N2O2S2/c1-10(13-9-11(2)21-18-13)5-6-14-12(3)16-17(23-14)19(4)15(20)7-8-22-16/h9-10H,7-8H2,1-4H3/t10-/m0/s1. The second kappa shape index (κ2) is 6.42. The Morgan fingerprint density at radius 1 is 1.43 bits per heavy atom. The highest BCUT2D eigenvalue weighted by Crippen LogP contribution is 2.43. The molecule has 2 aromatic heterocycles. The van der Waals surface area contributed by atoms with Crippen molar-refractivity contribution in [3.63, 3.8) is 0 Å². The van der Waals surface area contributed by atoms with Crippen LogP contribution >= 0.6 is 23.1 Å². The molecule has 0 aliphatic carbocycles. The minimum Gasteiger partial charge on any atom is -0.361 e. The van der Waals surface area contributed by atoms with Crippen LogP contribution in [-0.2, 0) is 4.79 Å². The fourth-order valence-corrected chi connectivity index (χ4v) is 4.82. The Bertz CT molecular complexity index is 810. The number of fused-ring (bicyclic) bond motifs is 1. The van der Waals surface area contributed by atoms with Gasteiger partial charge in [0.2, 0.25) is 5.91 Å². The van der Waals surface area contributed by atoms with Crippen molar-refractivity contribution in [1.29, 1.82) is 0 Å². The van der Waals surface area contributed by atoms with Gasteiger partial charge in [0.05, 0.1) is 16.5 Å². The van der Waals surface area contributed by atoms with Crippen LogP contribution in [0.5, 0.6) is 0 Å². The summed E-state index contributed by atoms with van der Waals surface area (Å²) in [6, 6.07) is 1.91. The number of thiophene rings is 1. The summed E-state index contributed by atoms with van der Waals surface area (Å²) < 4.78 is 5.10. The van der Waals surface area contributed by atoms with Gasteiger partial charge in [0.15, 0.2) is 0 Å². The molecule has 0 spiro atoms. The molecule has 4 nitrogen and oxygen atoms in total. The van der Waals surface area contributed by atoms with Gasteiger partial charge >= 0.3 is 0 Å². The number of hydrogen-bond acceptors (Lipinski definition) is 5. The maximum absolute atomic E-state index is 12.0. The number of nitrogens with zero attached hydrogens (tertiary/aromatic N) is 2. The molecule has 6 heteroatoms. The predicted octanol–water partition coefficient (Wildman–Crippen LogP) is 3.97. The van der Waals surface area contributed by atoms with Crippen molar-refractivity contribution in [2.24, 2.45) is 0 Å². The van der Waals surface area contributed by atoms with E-state index in [0.29, 0.717) is 6.42 Å². The van der Waals surface area contributed by atoms with Crippen LogP contribution in [0.1, 0.15) is 41.2 Å². The molecular formula is C17H18N2O2S2. The number of carbonyl (C=O) groups excluding carboxylic acids is 1. The fourth-order valence-electron chi connectivity index (χ4n) is 2.35. The van der Waals surface area contributed by atoms with Crippen molar-refractivity contribution in [3.8, 4) is 11.8 Å². The number of aryl methyl sites for hydroxylation is 1. The molecule has 23 heavy (non-hydrogen) atoms. The van der Waals surface area contributed by atoms with Gasteiger partial charge in [0, 0.05) is 30.2 Å². The second-order valence-corrected chi connectivity index (χ2v) is 7.70. The molecular weight excluding hydrogens is 328 g/mol. The van der Waals surface area contributed by atoms with E-state index >= 15 is 0 Å². The highest BCUT2D eigenvalue weighted by atomic mass is 32.2. The lowest BCUT2D eigenvalue weighted by Crippen LogP contribution is -2.24. The van der Waals surface area contributed by atoms with E-state index in [2.05, 4.69) is 23.9 Å². The summed E-state index contributed by atoms with van der Waals surface area (Å²) in [4.78, 5) is 16.0. The first-order chi connectivity index (χ1) is 11.0. The SMILES string of the molecule is Cc1cc([C@@H](C)C#Cc2sc3c(c2C)SCCC(=O)N3C)no1. The molecule has 1 aliphatic heterocycles. The maximum atomic E-state index is 12.0. The van der Waals surface area contributed by atoms with Gasteiger partial charge in [-0.1, -0.05) is 17.0 Å². The van der Waals surface area contributed by atoms with E-state index in [4.69, 9.17) is 4.52 Å². The van der Waals surface area contributed by atoms with Crippen LogP contribution in [0, 0.1) is 25.7 Å². The van der Waals surface area contributed by atoms with Gasteiger partial charge in [-0.25, -0.2) is 0 Å². The van der Waals surface area contributed by atoms with Crippen molar-refractivity contribution in [1.82, 2.24) is 5.16 Å². The van der Waals surface area contributed by atoms with E-state index in [1.54, 1.807) is 28.0 Å². The first-order valence-corrected chi connectivity index (χ1v) is 9.25. The third-order valence-corrected chi connectivity index (χ3v) is 6.42. The van der Waals surface area contributed by atoms with Crippen LogP contribution in [0.2, 0.25) is 0 Å². The van der Waals surface area contributed by atoms with E-state index in [-0.39, 0.29) is 11.8 Å². The van der Waals surface area contributed by atoms with Gasteiger partial charge in [0.1, 0.15) is 10.8 Å². The van der Waals surface area contributed by atoms with Crippen molar-refractivity contribution >= 4 is 34.0 Å². The summed E-state index contributed by atoms with van der Waals surface area (Å²) in [6.07, 6.45) is 0.589. The highest BCUT2D eigenvalue weighted by Gasteiger charge is 2.24. The topological polar surface area (TPSA) is 46.3 Å². The van der Waals surface area contributed by atoms with Gasteiger partial charge in [-0.2, -0.15) is 0 Å². The van der Waals surface area contributed by atoms with Crippen LogP contribution < -0.4 is 4.90 Å². The van der Waals surface area contributed by atoms with E-state index in [0.717, 1.165) is 27.1 Å². The van der Waals surface area contributed by atoms with Gasteiger partial charge < -0.3 is 9.42 Å². The Balaban J connectivity index is 1.91. The first-order valence-electron chi connectivity index (χ1n) is 7.45. The number of hydrogen-bond donors (Lipinski definition) is 0. The Morgan fingerprint density at radius 2 is 2.22 bits per heavy atom. The first kappa shape index (κ1) is 16.2. The Morgan fingerprint density at radius 3 is 2.91 bits per heavy atom. The van der Waals surface area contributed by atoms with Crippen LogP contribution in [0.3, 0.4) is 0 Å². The molecule has 1 aliphatic rings. The molecule has 2 aromatic rings. The lowest BCUT2D eigenvalue weighted by Gasteiger charge is -2.12. The summed E-state index contributed by atoms with van der Waals surface area (Å²) in [6.45, 7) is 5.98. The van der Waals surface area contributed by atoms with E-state index in [9.17, 15) is 4.79 Å². The third-order valence-electron chi connectivity index (χ3n) is 3.81. The van der Waals surface area contributed by atoms with Gasteiger partial charge in [-0.05, 0) is 26.3 Å². The number of thioether (sulfide) groups is 1. The van der Waals surface area contributed by atoms with Gasteiger partial charge in [-0.3, -0.25) is 4.79 Å². The summed E-state index contributed by atoms with van der Waals surface area (Å²) in [7, 11) is 1.85.